The number of nitrogens with one attached hydrogen (secondary N) is 1. The Hall–Kier alpha value is -1.56. The number of carbonyl (C=O) groups is 1. The number of anilines is 1. The maximum absolute atomic E-state index is 12.0. The third kappa shape index (κ3) is 4.70. The van der Waals surface area contributed by atoms with E-state index in [9.17, 15) is 4.79 Å². The van der Waals surface area contributed by atoms with Gasteiger partial charge in [-0.1, -0.05) is 35.1 Å². The number of para-hydroxylation sites is 1. The van der Waals surface area contributed by atoms with E-state index in [1.165, 1.54) is 16.2 Å². The first-order chi connectivity index (χ1) is 11.2. The Morgan fingerprint density at radius 3 is 2.74 bits per heavy atom. The smallest absolute Gasteiger partial charge is 0.226 e. The first-order valence-corrected chi connectivity index (χ1v) is 9.42. The summed E-state index contributed by atoms with van der Waals surface area (Å²) in [4.78, 5) is 17.5. The average molecular weight is 363 g/mol. The lowest BCUT2D eigenvalue weighted by Gasteiger charge is -2.02. The maximum atomic E-state index is 12.0. The van der Waals surface area contributed by atoms with Gasteiger partial charge in [-0.15, -0.1) is 11.8 Å². The van der Waals surface area contributed by atoms with Crippen LogP contribution in [0, 0.1) is 0 Å². The number of thioether (sulfide) groups is 1. The summed E-state index contributed by atoms with van der Waals surface area (Å²) in [7, 11) is 0. The molecule has 0 unspecified atom stereocenters. The van der Waals surface area contributed by atoms with Gasteiger partial charge in [0, 0.05) is 16.3 Å². The van der Waals surface area contributed by atoms with Crippen molar-refractivity contribution in [3.05, 3.63) is 53.6 Å². The first kappa shape index (κ1) is 16.3. The molecule has 3 nitrogen and oxygen atoms in total. The summed E-state index contributed by atoms with van der Waals surface area (Å²) in [5, 5.41) is 4.29. The number of hydrogen-bond donors (Lipinski definition) is 1. The molecule has 2 aromatic carbocycles. The van der Waals surface area contributed by atoms with Crippen molar-refractivity contribution in [3.8, 4) is 0 Å². The number of fused-ring (bicyclic) bond motifs is 1. The maximum Gasteiger partial charge on any atom is 0.226 e. The minimum Gasteiger partial charge on any atom is -0.302 e. The van der Waals surface area contributed by atoms with Crippen molar-refractivity contribution < 1.29 is 4.79 Å². The lowest BCUT2D eigenvalue weighted by molar-refractivity contribution is -0.116. The van der Waals surface area contributed by atoms with E-state index in [0.717, 1.165) is 27.4 Å². The van der Waals surface area contributed by atoms with E-state index in [1.54, 1.807) is 11.8 Å². The Morgan fingerprint density at radius 2 is 1.96 bits per heavy atom. The van der Waals surface area contributed by atoms with E-state index in [4.69, 9.17) is 11.6 Å². The highest BCUT2D eigenvalue weighted by Gasteiger charge is 2.07. The van der Waals surface area contributed by atoms with E-state index in [2.05, 4.69) is 10.3 Å². The van der Waals surface area contributed by atoms with Gasteiger partial charge in [0.1, 0.15) is 0 Å². The summed E-state index contributed by atoms with van der Waals surface area (Å²) in [6.45, 7) is 0. The molecule has 1 heterocycles. The molecule has 1 N–H and O–H groups in total. The molecule has 0 atom stereocenters. The number of halogens is 1. The summed E-state index contributed by atoms with van der Waals surface area (Å²) in [6.07, 6.45) is 1.32. The van der Waals surface area contributed by atoms with Gasteiger partial charge >= 0.3 is 0 Å². The highest BCUT2D eigenvalue weighted by atomic mass is 35.5. The number of aromatic nitrogens is 1. The van der Waals surface area contributed by atoms with Gasteiger partial charge in [-0.2, -0.15) is 0 Å². The molecule has 0 aliphatic rings. The summed E-state index contributed by atoms with van der Waals surface area (Å²) in [5.41, 5.74) is 0.922. The molecule has 3 aromatic rings. The molecule has 118 valence electrons. The van der Waals surface area contributed by atoms with Crippen molar-refractivity contribution in [3.63, 3.8) is 0 Å². The van der Waals surface area contributed by atoms with Crippen LogP contribution in [0.4, 0.5) is 5.13 Å². The number of hydrogen-bond acceptors (Lipinski definition) is 4. The molecule has 0 fully saturated rings. The Bertz CT molecular complexity index is 769. The van der Waals surface area contributed by atoms with Crippen molar-refractivity contribution in [1.29, 1.82) is 0 Å². The SMILES string of the molecule is O=C(CCCSc1ccc(Cl)cc1)Nc1nc2ccccc2s1. The van der Waals surface area contributed by atoms with Crippen LogP contribution >= 0.6 is 34.7 Å². The van der Waals surface area contributed by atoms with Gasteiger partial charge in [-0.3, -0.25) is 4.79 Å². The average Bonchev–Trinajstić information content (AvgIpc) is 2.95. The van der Waals surface area contributed by atoms with Crippen LogP contribution < -0.4 is 5.32 Å². The summed E-state index contributed by atoms with van der Waals surface area (Å²) in [5.74, 6) is 0.912. The van der Waals surface area contributed by atoms with Crippen LogP contribution in [0.25, 0.3) is 10.2 Å². The molecule has 0 spiro atoms. The molecular formula is C17H15ClN2OS2. The zero-order chi connectivity index (χ0) is 16.1. The second kappa shape index (κ2) is 7.81. The van der Waals surface area contributed by atoms with Gasteiger partial charge in [-0.25, -0.2) is 4.98 Å². The number of carbonyl (C=O) groups excluding carboxylic acids is 1. The standard InChI is InChI=1S/C17H15ClN2OS2/c18-12-7-9-13(10-8-12)22-11-3-6-16(21)20-17-19-14-4-1-2-5-15(14)23-17/h1-2,4-5,7-10H,3,6,11H2,(H,19,20,21). The van der Waals surface area contributed by atoms with Crippen molar-refractivity contribution in [2.75, 3.05) is 11.1 Å². The van der Waals surface area contributed by atoms with Crippen molar-refractivity contribution in [1.82, 2.24) is 4.98 Å². The van der Waals surface area contributed by atoms with E-state index in [1.807, 2.05) is 48.5 Å². The molecule has 23 heavy (non-hydrogen) atoms. The third-order valence-corrected chi connectivity index (χ3v) is 5.47. The van der Waals surface area contributed by atoms with Gasteiger partial charge in [0.2, 0.25) is 5.91 Å². The molecule has 1 aromatic heterocycles. The van der Waals surface area contributed by atoms with E-state index >= 15 is 0 Å². The Kier molecular flexibility index (Phi) is 5.54. The van der Waals surface area contributed by atoms with Gasteiger partial charge < -0.3 is 5.32 Å². The van der Waals surface area contributed by atoms with Gasteiger partial charge in [-0.05, 0) is 48.6 Å². The van der Waals surface area contributed by atoms with Crippen LogP contribution in [0.3, 0.4) is 0 Å². The fourth-order valence-electron chi connectivity index (χ4n) is 2.06. The van der Waals surface area contributed by atoms with Crippen LogP contribution in [-0.4, -0.2) is 16.6 Å². The highest BCUT2D eigenvalue weighted by Crippen LogP contribution is 2.26. The molecule has 1 amide bonds. The van der Waals surface area contributed by atoms with Crippen LogP contribution in [-0.2, 0) is 4.79 Å². The minimum atomic E-state index is 0.0146. The third-order valence-electron chi connectivity index (χ3n) is 3.17. The molecule has 3 rings (SSSR count). The molecule has 0 radical (unpaired) electrons. The monoisotopic (exact) mass is 362 g/mol. The summed E-state index contributed by atoms with van der Waals surface area (Å²) >= 11 is 9.09. The molecule has 0 bridgehead atoms. The zero-order valence-electron chi connectivity index (χ0n) is 12.3. The van der Waals surface area contributed by atoms with Crippen LogP contribution in [0.2, 0.25) is 5.02 Å². The zero-order valence-corrected chi connectivity index (χ0v) is 14.7. The fourth-order valence-corrected chi connectivity index (χ4v) is 3.92. The van der Waals surface area contributed by atoms with Crippen molar-refractivity contribution in [2.24, 2.45) is 0 Å². The molecule has 0 saturated heterocycles. The number of amides is 1. The predicted octanol–water partition coefficient (Wildman–Crippen LogP) is 5.46. The number of benzene rings is 2. The number of thiazole rings is 1. The van der Waals surface area contributed by atoms with E-state index in [0.29, 0.717) is 11.6 Å². The summed E-state index contributed by atoms with van der Waals surface area (Å²) < 4.78 is 1.08. The largest absolute Gasteiger partial charge is 0.302 e. The normalized spacial score (nSPS) is 10.8. The molecule has 0 aliphatic carbocycles. The number of nitrogens with zero attached hydrogens (tertiary/aromatic N) is 1. The summed E-state index contributed by atoms with van der Waals surface area (Å²) in [6, 6.07) is 15.6. The van der Waals surface area contributed by atoms with E-state index in [-0.39, 0.29) is 5.91 Å². The van der Waals surface area contributed by atoms with Crippen LogP contribution in [0.15, 0.2) is 53.4 Å². The topological polar surface area (TPSA) is 42.0 Å². The lowest BCUT2D eigenvalue weighted by Crippen LogP contribution is -2.11. The Morgan fingerprint density at radius 1 is 1.17 bits per heavy atom. The van der Waals surface area contributed by atoms with Gasteiger partial charge in [0.05, 0.1) is 10.2 Å². The molecular weight excluding hydrogens is 348 g/mol. The first-order valence-electron chi connectivity index (χ1n) is 7.24. The van der Waals surface area contributed by atoms with Crippen LogP contribution in [0.1, 0.15) is 12.8 Å². The Balaban J connectivity index is 1.43. The quantitative estimate of drug-likeness (QED) is 0.467. The fraction of sp³-hybridized carbons (Fsp3) is 0.176. The lowest BCUT2D eigenvalue weighted by atomic mass is 10.3. The van der Waals surface area contributed by atoms with Crippen molar-refractivity contribution in [2.45, 2.75) is 17.7 Å². The van der Waals surface area contributed by atoms with E-state index < -0.39 is 0 Å². The predicted molar refractivity (Wildman–Crippen MR) is 99.7 cm³/mol. The molecule has 6 heteroatoms. The van der Waals surface area contributed by atoms with Crippen molar-refractivity contribution >= 4 is 56.0 Å². The molecule has 0 aliphatic heterocycles. The Labute approximate surface area is 148 Å². The minimum absolute atomic E-state index is 0.0146. The van der Waals surface area contributed by atoms with Gasteiger partial charge in [0.25, 0.3) is 0 Å². The second-order valence-electron chi connectivity index (χ2n) is 4.94. The van der Waals surface area contributed by atoms with Gasteiger partial charge in [0.15, 0.2) is 5.13 Å². The number of rotatable bonds is 6. The second-order valence-corrected chi connectivity index (χ2v) is 7.58. The van der Waals surface area contributed by atoms with Crippen LogP contribution in [0.5, 0.6) is 0 Å². The highest BCUT2D eigenvalue weighted by molar-refractivity contribution is 7.99. The molecule has 0 saturated carbocycles.